The van der Waals surface area contributed by atoms with Crippen molar-refractivity contribution in [2.24, 2.45) is 0 Å². The van der Waals surface area contributed by atoms with Gasteiger partial charge in [0.05, 0.1) is 16.9 Å². The fourth-order valence-electron chi connectivity index (χ4n) is 3.21. The molecule has 1 aromatic heterocycles. The van der Waals surface area contributed by atoms with Gasteiger partial charge < -0.3 is 10.2 Å². The molecule has 0 saturated heterocycles. The van der Waals surface area contributed by atoms with Crippen molar-refractivity contribution in [1.29, 1.82) is 0 Å². The maximum Gasteiger partial charge on any atom is 0.257 e. The predicted molar refractivity (Wildman–Crippen MR) is 124 cm³/mol. The molecule has 0 saturated carbocycles. The van der Waals surface area contributed by atoms with Gasteiger partial charge in [-0.05, 0) is 38.1 Å². The summed E-state index contributed by atoms with van der Waals surface area (Å²) in [5, 5.41) is 7.58. The second-order valence-corrected chi connectivity index (χ2v) is 8.76. The van der Waals surface area contributed by atoms with E-state index in [1.54, 1.807) is 17.7 Å². The lowest BCUT2D eigenvalue weighted by Crippen LogP contribution is -2.38. The smallest absolute Gasteiger partial charge is 0.257 e. The predicted octanol–water partition coefficient (Wildman–Crippen LogP) is 4.72. The Morgan fingerprint density at radius 3 is 2.34 bits per heavy atom. The topological polar surface area (TPSA) is 67.2 Å². The van der Waals surface area contributed by atoms with Crippen molar-refractivity contribution < 1.29 is 14.0 Å². The maximum atomic E-state index is 14.0. The molecule has 0 radical (unpaired) electrons. The number of aryl methyl sites for hydroxylation is 1. The number of amides is 2. The first-order valence-corrected chi connectivity index (χ1v) is 10.6. The van der Waals surface area contributed by atoms with Crippen LogP contribution in [0.25, 0.3) is 5.69 Å². The normalized spacial score (nSPS) is 11.3. The Morgan fingerprint density at radius 2 is 1.75 bits per heavy atom. The summed E-state index contributed by atoms with van der Waals surface area (Å²) in [5.41, 5.74) is 2.49. The van der Waals surface area contributed by atoms with Crippen LogP contribution in [0.1, 0.15) is 49.3 Å². The van der Waals surface area contributed by atoms with E-state index in [0.717, 1.165) is 16.9 Å². The highest BCUT2D eigenvalue weighted by atomic mass is 19.1. The van der Waals surface area contributed by atoms with Gasteiger partial charge in [-0.1, -0.05) is 50.6 Å². The summed E-state index contributed by atoms with van der Waals surface area (Å²) in [6, 6.07) is 15.4. The molecule has 0 atom stereocenters. The minimum absolute atomic E-state index is 0.0538. The number of nitrogens with zero attached hydrogens (tertiary/aromatic N) is 3. The number of anilines is 1. The lowest BCUT2D eigenvalue weighted by Gasteiger charge is -2.20. The van der Waals surface area contributed by atoms with Crippen LogP contribution in [0.4, 0.5) is 10.2 Å². The number of aromatic nitrogens is 2. The van der Waals surface area contributed by atoms with Gasteiger partial charge in [0, 0.05) is 18.0 Å². The van der Waals surface area contributed by atoms with Gasteiger partial charge in [0.2, 0.25) is 5.91 Å². The summed E-state index contributed by atoms with van der Waals surface area (Å²) >= 11 is 0. The van der Waals surface area contributed by atoms with Crippen LogP contribution in [-0.2, 0) is 10.2 Å². The molecule has 1 heterocycles. The van der Waals surface area contributed by atoms with Crippen LogP contribution in [0.3, 0.4) is 0 Å². The number of hydrogen-bond acceptors (Lipinski definition) is 3. The third-order valence-corrected chi connectivity index (χ3v) is 5.13. The van der Waals surface area contributed by atoms with E-state index in [2.05, 4.69) is 5.32 Å². The van der Waals surface area contributed by atoms with Crippen molar-refractivity contribution >= 4 is 17.6 Å². The van der Waals surface area contributed by atoms with Gasteiger partial charge in [0.25, 0.3) is 5.91 Å². The zero-order valence-electron chi connectivity index (χ0n) is 19.1. The van der Waals surface area contributed by atoms with Crippen LogP contribution in [-0.4, -0.2) is 39.6 Å². The van der Waals surface area contributed by atoms with E-state index in [-0.39, 0.29) is 30.0 Å². The van der Waals surface area contributed by atoms with Crippen molar-refractivity contribution in [1.82, 2.24) is 14.7 Å². The number of hydrogen-bond donors (Lipinski definition) is 1. The zero-order valence-corrected chi connectivity index (χ0v) is 19.1. The first-order chi connectivity index (χ1) is 15.1. The summed E-state index contributed by atoms with van der Waals surface area (Å²) in [6.07, 6.45) is 0. The van der Waals surface area contributed by atoms with Crippen LogP contribution in [0.5, 0.6) is 0 Å². The van der Waals surface area contributed by atoms with Gasteiger partial charge in [-0.25, -0.2) is 9.07 Å². The number of nitrogens with one attached hydrogen (secondary N) is 1. The van der Waals surface area contributed by atoms with Gasteiger partial charge >= 0.3 is 0 Å². The summed E-state index contributed by atoms with van der Waals surface area (Å²) < 4.78 is 15.7. The number of benzene rings is 2. The van der Waals surface area contributed by atoms with E-state index >= 15 is 0 Å². The Balaban J connectivity index is 1.84. The first-order valence-electron chi connectivity index (χ1n) is 10.6. The molecule has 1 N–H and O–H groups in total. The Morgan fingerprint density at radius 1 is 1.09 bits per heavy atom. The minimum atomic E-state index is -0.608. The lowest BCUT2D eigenvalue weighted by molar-refractivity contribution is -0.116. The molecular formula is C25H29FN4O2. The second kappa shape index (κ2) is 9.34. The number of carbonyl (C=O) groups excluding carboxylic acids is 2. The fourth-order valence-corrected chi connectivity index (χ4v) is 3.21. The molecule has 0 aliphatic heterocycles. The molecule has 2 aromatic carbocycles. The average Bonchev–Trinajstić information content (AvgIpc) is 3.16. The SMILES string of the molecule is CCN(CC(=O)Nc1cc(C(C)(C)C)nn1-c1ccc(C)cc1)C(=O)c1ccccc1F. The van der Waals surface area contributed by atoms with Crippen molar-refractivity contribution in [3.05, 3.63) is 77.2 Å². The van der Waals surface area contributed by atoms with Crippen LogP contribution in [0, 0.1) is 12.7 Å². The van der Waals surface area contributed by atoms with E-state index in [1.807, 2.05) is 58.0 Å². The number of likely N-dealkylation sites (N-methyl/N-ethyl adjacent to an activating group) is 1. The van der Waals surface area contributed by atoms with Crippen LogP contribution < -0.4 is 5.32 Å². The van der Waals surface area contributed by atoms with Crippen LogP contribution >= 0.6 is 0 Å². The molecule has 0 aliphatic rings. The second-order valence-electron chi connectivity index (χ2n) is 8.76. The highest BCUT2D eigenvalue weighted by Gasteiger charge is 2.24. The highest BCUT2D eigenvalue weighted by molar-refractivity contribution is 5.99. The van der Waals surface area contributed by atoms with Crippen LogP contribution in [0.2, 0.25) is 0 Å². The third-order valence-electron chi connectivity index (χ3n) is 5.13. The summed E-state index contributed by atoms with van der Waals surface area (Å²) in [4.78, 5) is 26.9. The lowest BCUT2D eigenvalue weighted by atomic mass is 9.92. The quantitative estimate of drug-likeness (QED) is 0.608. The molecule has 6 nitrogen and oxygen atoms in total. The van der Waals surface area contributed by atoms with E-state index in [1.165, 1.54) is 23.1 Å². The molecule has 0 fully saturated rings. The minimum Gasteiger partial charge on any atom is -0.330 e. The third kappa shape index (κ3) is 5.22. The molecule has 0 aliphatic carbocycles. The van der Waals surface area contributed by atoms with E-state index in [4.69, 9.17) is 5.10 Å². The Labute approximate surface area is 188 Å². The highest BCUT2D eigenvalue weighted by Crippen LogP contribution is 2.26. The van der Waals surface area contributed by atoms with Gasteiger partial charge in [0.1, 0.15) is 18.2 Å². The summed E-state index contributed by atoms with van der Waals surface area (Å²) in [6.45, 7) is 9.96. The molecule has 7 heteroatoms. The fraction of sp³-hybridized carbons (Fsp3) is 0.320. The number of rotatable bonds is 6. The number of carbonyl (C=O) groups is 2. The molecule has 0 unspecified atom stereocenters. The van der Waals surface area contributed by atoms with Gasteiger partial charge in [-0.3, -0.25) is 9.59 Å². The standard InChI is InChI=1S/C25H29FN4O2/c1-6-29(24(32)19-9-7-8-10-20(19)26)16-23(31)27-22-15-21(25(3,4)5)28-30(22)18-13-11-17(2)12-14-18/h7-15H,6,16H2,1-5H3,(H,27,31). The molecule has 2 amide bonds. The van der Waals surface area contributed by atoms with Crippen molar-refractivity contribution in [3.63, 3.8) is 0 Å². The molecule has 3 aromatic rings. The Bertz CT molecular complexity index is 1110. The first kappa shape index (κ1) is 23.2. The van der Waals surface area contributed by atoms with Crippen molar-refractivity contribution in [2.75, 3.05) is 18.4 Å². The molecular weight excluding hydrogens is 407 g/mol. The monoisotopic (exact) mass is 436 g/mol. The Hall–Kier alpha value is -3.48. The molecule has 3 rings (SSSR count). The molecule has 168 valence electrons. The van der Waals surface area contributed by atoms with Crippen molar-refractivity contribution in [2.45, 2.75) is 40.0 Å². The van der Waals surface area contributed by atoms with E-state index in [9.17, 15) is 14.0 Å². The van der Waals surface area contributed by atoms with Gasteiger partial charge in [0.15, 0.2) is 0 Å². The zero-order chi connectivity index (χ0) is 23.5. The van der Waals surface area contributed by atoms with Crippen LogP contribution in [0.15, 0.2) is 54.6 Å². The molecule has 0 bridgehead atoms. The van der Waals surface area contributed by atoms with Gasteiger partial charge in [-0.15, -0.1) is 0 Å². The largest absolute Gasteiger partial charge is 0.330 e. The van der Waals surface area contributed by atoms with E-state index < -0.39 is 11.7 Å². The summed E-state index contributed by atoms with van der Waals surface area (Å²) in [5.74, 6) is -1.00. The maximum absolute atomic E-state index is 14.0. The summed E-state index contributed by atoms with van der Waals surface area (Å²) in [7, 11) is 0. The van der Waals surface area contributed by atoms with Crippen molar-refractivity contribution in [3.8, 4) is 5.69 Å². The molecule has 32 heavy (non-hydrogen) atoms. The number of halogens is 1. The average molecular weight is 437 g/mol. The molecule has 0 spiro atoms. The van der Waals surface area contributed by atoms with E-state index in [0.29, 0.717) is 5.82 Å². The van der Waals surface area contributed by atoms with Gasteiger partial charge in [-0.2, -0.15) is 5.10 Å². The Kier molecular flexibility index (Phi) is 6.77.